The second-order valence-electron chi connectivity index (χ2n) is 7.69. The molecular weight excluding hydrogens is 248 g/mol. The average Bonchev–Trinajstić information content (AvgIpc) is 3.37. The minimum Gasteiger partial charge on any atom is -0.354 e. The zero-order valence-corrected chi connectivity index (χ0v) is 12.4. The Hall–Kier alpha value is -0.570. The van der Waals surface area contributed by atoms with Gasteiger partial charge in [0, 0.05) is 12.6 Å². The molecule has 0 spiro atoms. The molecule has 3 atom stereocenters. The number of rotatable bonds is 5. The van der Waals surface area contributed by atoms with Crippen LogP contribution in [0.15, 0.2) is 0 Å². The molecule has 112 valence electrons. The lowest BCUT2D eigenvalue weighted by Gasteiger charge is -2.24. The van der Waals surface area contributed by atoms with Gasteiger partial charge in [-0.1, -0.05) is 12.8 Å². The quantitative estimate of drug-likeness (QED) is 0.810. The van der Waals surface area contributed by atoms with E-state index in [2.05, 4.69) is 10.6 Å². The van der Waals surface area contributed by atoms with E-state index in [0.29, 0.717) is 6.04 Å². The predicted molar refractivity (Wildman–Crippen MR) is 79.2 cm³/mol. The number of carbonyl (C=O) groups is 1. The number of carbonyl (C=O) groups excluding carboxylic acids is 1. The van der Waals surface area contributed by atoms with E-state index >= 15 is 0 Å². The molecule has 4 fully saturated rings. The topological polar surface area (TPSA) is 41.1 Å². The number of hydrogen-bond acceptors (Lipinski definition) is 2. The van der Waals surface area contributed by atoms with E-state index in [1.165, 1.54) is 51.4 Å². The highest BCUT2D eigenvalue weighted by Gasteiger charge is 2.42. The van der Waals surface area contributed by atoms with Crippen LogP contribution < -0.4 is 10.6 Å². The van der Waals surface area contributed by atoms with Crippen molar-refractivity contribution in [1.29, 1.82) is 0 Å². The second-order valence-corrected chi connectivity index (χ2v) is 7.69. The molecule has 0 bridgehead atoms. The fourth-order valence-electron chi connectivity index (χ4n) is 4.63. The Labute approximate surface area is 122 Å². The fraction of sp³-hybridized carbons (Fsp3) is 0.941. The maximum atomic E-state index is 12.4. The molecule has 0 radical (unpaired) electrons. The highest BCUT2D eigenvalue weighted by Crippen LogP contribution is 2.48. The SMILES string of the molecule is O=C(NCC(C1CC1)C1CC1)C1CC2CCCCC2N1. The predicted octanol–water partition coefficient (Wildman–Crippen LogP) is 2.46. The molecule has 3 aliphatic carbocycles. The largest absolute Gasteiger partial charge is 0.354 e. The van der Waals surface area contributed by atoms with E-state index in [1.807, 2.05) is 0 Å². The molecule has 4 aliphatic rings. The van der Waals surface area contributed by atoms with Crippen LogP contribution in [0.3, 0.4) is 0 Å². The summed E-state index contributed by atoms with van der Waals surface area (Å²) >= 11 is 0. The molecule has 3 saturated carbocycles. The van der Waals surface area contributed by atoms with Crippen molar-refractivity contribution in [2.24, 2.45) is 23.7 Å². The molecule has 1 aliphatic heterocycles. The number of amides is 1. The van der Waals surface area contributed by atoms with Crippen molar-refractivity contribution < 1.29 is 4.79 Å². The van der Waals surface area contributed by atoms with Crippen molar-refractivity contribution in [2.45, 2.75) is 69.9 Å². The molecule has 4 rings (SSSR count). The summed E-state index contributed by atoms with van der Waals surface area (Å²) in [6, 6.07) is 0.726. The molecule has 3 heteroatoms. The normalized spacial score (nSPS) is 37.0. The first-order valence-corrected chi connectivity index (χ1v) is 8.85. The molecule has 0 aromatic heterocycles. The molecule has 3 nitrogen and oxygen atoms in total. The zero-order chi connectivity index (χ0) is 13.5. The first-order chi connectivity index (χ1) is 9.81. The lowest BCUT2D eigenvalue weighted by molar-refractivity contribution is -0.123. The standard InChI is InChI=1S/C17H28N2O/c20-17(16-9-13-3-1-2-4-15(13)19-16)18-10-14(11-5-6-11)12-7-8-12/h11-16,19H,1-10H2,(H,18,20). The van der Waals surface area contributed by atoms with Gasteiger partial charge in [0.25, 0.3) is 0 Å². The summed E-state index contributed by atoms with van der Waals surface area (Å²) in [6.45, 7) is 0.946. The van der Waals surface area contributed by atoms with Gasteiger partial charge in [-0.05, 0) is 68.6 Å². The Morgan fingerprint density at radius 3 is 2.40 bits per heavy atom. The van der Waals surface area contributed by atoms with Gasteiger partial charge >= 0.3 is 0 Å². The van der Waals surface area contributed by atoms with E-state index in [-0.39, 0.29) is 11.9 Å². The van der Waals surface area contributed by atoms with Gasteiger partial charge in [0.05, 0.1) is 6.04 Å². The fourth-order valence-corrected chi connectivity index (χ4v) is 4.63. The third kappa shape index (κ3) is 2.74. The molecule has 1 saturated heterocycles. The van der Waals surface area contributed by atoms with Crippen LogP contribution in [0.1, 0.15) is 57.8 Å². The van der Waals surface area contributed by atoms with Crippen LogP contribution in [0.4, 0.5) is 0 Å². The van der Waals surface area contributed by atoms with Gasteiger partial charge in [0.2, 0.25) is 5.91 Å². The van der Waals surface area contributed by atoms with E-state index in [4.69, 9.17) is 0 Å². The summed E-state index contributed by atoms with van der Waals surface area (Å²) < 4.78 is 0. The number of hydrogen-bond donors (Lipinski definition) is 2. The Bertz CT molecular complexity index is 349. The van der Waals surface area contributed by atoms with Crippen molar-refractivity contribution in [2.75, 3.05) is 6.54 Å². The van der Waals surface area contributed by atoms with Crippen LogP contribution >= 0.6 is 0 Å². The van der Waals surface area contributed by atoms with E-state index in [1.54, 1.807) is 0 Å². The van der Waals surface area contributed by atoms with Gasteiger partial charge < -0.3 is 10.6 Å². The van der Waals surface area contributed by atoms with E-state index in [9.17, 15) is 4.79 Å². The summed E-state index contributed by atoms with van der Waals surface area (Å²) in [5.74, 6) is 3.71. The van der Waals surface area contributed by atoms with Crippen molar-refractivity contribution in [3.05, 3.63) is 0 Å². The summed E-state index contributed by atoms with van der Waals surface area (Å²) in [7, 11) is 0. The third-order valence-electron chi connectivity index (χ3n) is 6.15. The molecule has 0 aromatic carbocycles. The molecule has 1 amide bonds. The highest BCUT2D eigenvalue weighted by molar-refractivity contribution is 5.82. The van der Waals surface area contributed by atoms with Gasteiger partial charge in [0.1, 0.15) is 0 Å². The zero-order valence-electron chi connectivity index (χ0n) is 12.4. The smallest absolute Gasteiger partial charge is 0.237 e. The summed E-state index contributed by atoms with van der Waals surface area (Å²) in [4.78, 5) is 12.4. The highest BCUT2D eigenvalue weighted by atomic mass is 16.2. The molecular formula is C17H28N2O. The first-order valence-electron chi connectivity index (χ1n) is 8.85. The Morgan fingerprint density at radius 2 is 1.75 bits per heavy atom. The minimum atomic E-state index is 0.0992. The first kappa shape index (κ1) is 13.1. The monoisotopic (exact) mass is 276 g/mol. The van der Waals surface area contributed by atoms with Crippen LogP contribution in [0.2, 0.25) is 0 Å². The molecule has 1 heterocycles. The Morgan fingerprint density at radius 1 is 1.05 bits per heavy atom. The van der Waals surface area contributed by atoms with Gasteiger partial charge in [-0.2, -0.15) is 0 Å². The van der Waals surface area contributed by atoms with Crippen molar-refractivity contribution in [3.63, 3.8) is 0 Å². The lowest BCUT2D eigenvalue weighted by atomic mass is 9.85. The third-order valence-corrected chi connectivity index (χ3v) is 6.15. The average molecular weight is 276 g/mol. The molecule has 2 N–H and O–H groups in total. The summed E-state index contributed by atoms with van der Waals surface area (Å²) in [6.07, 6.45) is 12.0. The van der Waals surface area contributed by atoms with Crippen LogP contribution in [0.5, 0.6) is 0 Å². The summed E-state index contributed by atoms with van der Waals surface area (Å²) in [5, 5.41) is 6.87. The van der Waals surface area contributed by atoms with Crippen LogP contribution in [-0.2, 0) is 4.79 Å². The van der Waals surface area contributed by atoms with Gasteiger partial charge in [-0.25, -0.2) is 0 Å². The van der Waals surface area contributed by atoms with Crippen LogP contribution in [0.25, 0.3) is 0 Å². The maximum Gasteiger partial charge on any atom is 0.237 e. The number of fused-ring (bicyclic) bond motifs is 1. The maximum absolute atomic E-state index is 12.4. The van der Waals surface area contributed by atoms with E-state index in [0.717, 1.165) is 36.6 Å². The van der Waals surface area contributed by atoms with Crippen LogP contribution in [-0.4, -0.2) is 24.5 Å². The lowest BCUT2D eigenvalue weighted by Crippen LogP contribution is -2.44. The van der Waals surface area contributed by atoms with Gasteiger partial charge in [-0.3, -0.25) is 4.79 Å². The van der Waals surface area contributed by atoms with E-state index < -0.39 is 0 Å². The second kappa shape index (κ2) is 5.32. The minimum absolute atomic E-state index is 0.0992. The van der Waals surface area contributed by atoms with Gasteiger partial charge in [-0.15, -0.1) is 0 Å². The number of nitrogens with one attached hydrogen (secondary N) is 2. The van der Waals surface area contributed by atoms with Crippen molar-refractivity contribution in [3.8, 4) is 0 Å². The molecule has 0 aromatic rings. The van der Waals surface area contributed by atoms with Crippen molar-refractivity contribution in [1.82, 2.24) is 10.6 Å². The van der Waals surface area contributed by atoms with Crippen molar-refractivity contribution >= 4 is 5.91 Å². The van der Waals surface area contributed by atoms with Crippen LogP contribution in [0, 0.1) is 23.7 Å². The Kier molecular flexibility index (Phi) is 3.49. The Balaban J connectivity index is 1.27. The molecule has 20 heavy (non-hydrogen) atoms. The summed E-state index contributed by atoms with van der Waals surface area (Å²) in [5.41, 5.74) is 0. The molecule has 3 unspecified atom stereocenters. The van der Waals surface area contributed by atoms with Gasteiger partial charge in [0.15, 0.2) is 0 Å².